The maximum absolute atomic E-state index is 13.0. The van der Waals surface area contributed by atoms with Crippen LogP contribution in [0.5, 0.6) is 0 Å². The van der Waals surface area contributed by atoms with E-state index in [1.807, 2.05) is 9.80 Å². The first-order valence-electron chi connectivity index (χ1n) is 9.31. The summed E-state index contributed by atoms with van der Waals surface area (Å²) in [6.45, 7) is 7.55. The van der Waals surface area contributed by atoms with Crippen molar-refractivity contribution in [3.05, 3.63) is 0 Å². The van der Waals surface area contributed by atoms with Crippen LogP contribution in [0.3, 0.4) is 0 Å². The van der Waals surface area contributed by atoms with Gasteiger partial charge in [-0.15, -0.1) is 0 Å². The molecule has 3 fully saturated rings. The number of hydrogen-bond acceptors (Lipinski definition) is 4. The fourth-order valence-electron chi connectivity index (χ4n) is 3.99. The molecule has 24 heavy (non-hydrogen) atoms. The first kappa shape index (κ1) is 17.7. The van der Waals surface area contributed by atoms with E-state index in [1.165, 1.54) is 12.8 Å². The van der Waals surface area contributed by atoms with E-state index < -0.39 is 11.2 Å². The molecule has 0 N–H and O–H groups in total. The van der Waals surface area contributed by atoms with Crippen molar-refractivity contribution in [2.45, 2.75) is 58.2 Å². The Hall–Kier alpha value is -1.14. The van der Waals surface area contributed by atoms with E-state index in [0.29, 0.717) is 39.1 Å². The van der Waals surface area contributed by atoms with Gasteiger partial charge < -0.3 is 19.3 Å². The van der Waals surface area contributed by atoms with Gasteiger partial charge in [0.05, 0.1) is 13.2 Å². The fourth-order valence-corrected chi connectivity index (χ4v) is 3.99. The lowest BCUT2D eigenvalue weighted by molar-refractivity contribution is -0.190. The highest BCUT2D eigenvalue weighted by Gasteiger charge is 2.46. The molecule has 3 saturated heterocycles. The molecule has 3 aliphatic rings. The standard InChI is InChI=1S/C18H30N2O4/c1-17(2,15(21)19-9-5-3-4-6-10-19)16(22)20-11-7-18(8-12-20)23-13-14-24-18/h3-14H2,1-2H3. The van der Waals surface area contributed by atoms with Crippen LogP contribution in [0.2, 0.25) is 0 Å². The SMILES string of the molecule is CC(C)(C(=O)N1CCCCCC1)C(=O)N1CCC2(CC1)OCCO2. The Morgan fingerprint density at radius 1 is 0.792 bits per heavy atom. The van der Waals surface area contributed by atoms with Crippen LogP contribution in [0.25, 0.3) is 0 Å². The molecule has 0 saturated carbocycles. The van der Waals surface area contributed by atoms with E-state index in [-0.39, 0.29) is 11.8 Å². The van der Waals surface area contributed by atoms with Crippen LogP contribution >= 0.6 is 0 Å². The van der Waals surface area contributed by atoms with Crippen molar-refractivity contribution in [3.8, 4) is 0 Å². The molecular weight excluding hydrogens is 308 g/mol. The van der Waals surface area contributed by atoms with Gasteiger partial charge in [0.25, 0.3) is 0 Å². The van der Waals surface area contributed by atoms with Crippen molar-refractivity contribution < 1.29 is 19.1 Å². The summed E-state index contributed by atoms with van der Waals surface area (Å²) in [6.07, 6.45) is 5.80. The van der Waals surface area contributed by atoms with Crippen LogP contribution in [0, 0.1) is 5.41 Å². The predicted octanol–water partition coefficient (Wildman–Crippen LogP) is 1.78. The molecule has 3 heterocycles. The smallest absolute Gasteiger partial charge is 0.237 e. The number of carbonyl (C=O) groups excluding carboxylic acids is 2. The molecule has 6 heteroatoms. The van der Waals surface area contributed by atoms with Gasteiger partial charge in [-0.2, -0.15) is 0 Å². The van der Waals surface area contributed by atoms with E-state index in [4.69, 9.17) is 9.47 Å². The van der Waals surface area contributed by atoms with Gasteiger partial charge in [0.15, 0.2) is 5.79 Å². The second-order valence-corrected chi connectivity index (χ2v) is 7.73. The van der Waals surface area contributed by atoms with Crippen LogP contribution in [0.15, 0.2) is 0 Å². The van der Waals surface area contributed by atoms with Crippen molar-refractivity contribution in [2.24, 2.45) is 5.41 Å². The second kappa shape index (κ2) is 7.00. The Balaban J connectivity index is 1.61. The minimum atomic E-state index is -0.994. The summed E-state index contributed by atoms with van der Waals surface area (Å²) >= 11 is 0. The number of piperidine rings is 1. The lowest BCUT2D eigenvalue weighted by Crippen LogP contribution is -2.55. The number of likely N-dealkylation sites (tertiary alicyclic amines) is 2. The third kappa shape index (κ3) is 3.45. The number of ether oxygens (including phenoxy) is 2. The molecule has 3 aliphatic heterocycles. The Bertz CT molecular complexity index is 467. The molecule has 3 rings (SSSR count). The molecular formula is C18H30N2O4. The van der Waals surface area contributed by atoms with Crippen LogP contribution in [-0.4, -0.2) is 66.8 Å². The van der Waals surface area contributed by atoms with Gasteiger partial charge in [0, 0.05) is 39.0 Å². The van der Waals surface area contributed by atoms with E-state index in [0.717, 1.165) is 25.9 Å². The minimum absolute atomic E-state index is 0.0250. The molecule has 0 aliphatic carbocycles. The molecule has 2 amide bonds. The van der Waals surface area contributed by atoms with E-state index in [9.17, 15) is 9.59 Å². The first-order valence-corrected chi connectivity index (χ1v) is 9.31. The van der Waals surface area contributed by atoms with Crippen molar-refractivity contribution in [2.75, 3.05) is 39.4 Å². The summed E-state index contributed by atoms with van der Waals surface area (Å²) in [5, 5.41) is 0. The molecule has 1 spiro atoms. The summed E-state index contributed by atoms with van der Waals surface area (Å²) in [5.74, 6) is -0.580. The Labute approximate surface area is 144 Å². The first-order chi connectivity index (χ1) is 11.4. The molecule has 0 aromatic rings. The third-order valence-corrected chi connectivity index (χ3v) is 5.59. The maximum Gasteiger partial charge on any atom is 0.237 e. The summed E-state index contributed by atoms with van der Waals surface area (Å²) in [7, 11) is 0. The zero-order valence-electron chi connectivity index (χ0n) is 15.0. The van der Waals surface area contributed by atoms with Crippen LogP contribution in [0.4, 0.5) is 0 Å². The van der Waals surface area contributed by atoms with Gasteiger partial charge in [-0.1, -0.05) is 12.8 Å². The van der Waals surface area contributed by atoms with Crippen molar-refractivity contribution in [1.82, 2.24) is 9.80 Å². The Morgan fingerprint density at radius 2 is 1.25 bits per heavy atom. The monoisotopic (exact) mass is 338 g/mol. The van der Waals surface area contributed by atoms with Gasteiger partial charge in [0.1, 0.15) is 5.41 Å². The quantitative estimate of drug-likeness (QED) is 0.720. The molecule has 0 aromatic heterocycles. The second-order valence-electron chi connectivity index (χ2n) is 7.73. The van der Waals surface area contributed by atoms with Gasteiger partial charge in [-0.3, -0.25) is 9.59 Å². The van der Waals surface area contributed by atoms with Crippen LogP contribution in [-0.2, 0) is 19.1 Å². The predicted molar refractivity (Wildman–Crippen MR) is 89.3 cm³/mol. The average Bonchev–Trinajstić information content (AvgIpc) is 2.86. The third-order valence-electron chi connectivity index (χ3n) is 5.59. The highest BCUT2D eigenvalue weighted by Crippen LogP contribution is 2.33. The van der Waals surface area contributed by atoms with Gasteiger partial charge in [-0.25, -0.2) is 0 Å². The minimum Gasteiger partial charge on any atom is -0.347 e. The molecule has 0 radical (unpaired) electrons. The van der Waals surface area contributed by atoms with E-state index >= 15 is 0 Å². The van der Waals surface area contributed by atoms with Gasteiger partial charge >= 0.3 is 0 Å². The van der Waals surface area contributed by atoms with Gasteiger partial charge in [0.2, 0.25) is 11.8 Å². The van der Waals surface area contributed by atoms with Crippen LogP contribution < -0.4 is 0 Å². The lowest BCUT2D eigenvalue weighted by atomic mass is 9.88. The number of nitrogens with zero attached hydrogens (tertiary/aromatic N) is 2. The Morgan fingerprint density at radius 3 is 1.75 bits per heavy atom. The lowest BCUT2D eigenvalue weighted by Gasteiger charge is -2.41. The van der Waals surface area contributed by atoms with Gasteiger partial charge in [-0.05, 0) is 26.7 Å². The van der Waals surface area contributed by atoms with E-state index in [1.54, 1.807) is 13.8 Å². The maximum atomic E-state index is 13.0. The normalized spacial score (nSPS) is 24.9. The number of hydrogen-bond donors (Lipinski definition) is 0. The highest BCUT2D eigenvalue weighted by molar-refractivity contribution is 6.04. The number of amides is 2. The molecule has 0 aromatic carbocycles. The highest BCUT2D eigenvalue weighted by atomic mass is 16.7. The molecule has 136 valence electrons. The molecule has 0 unspecified atom stereocenters. The molecule has 0 bridgehead atoms. The largest absolute Gasteiger partial charge is 0.347 e. The average molecular weight is 338 g/mol. The zero-order chi connectivity index (χ0) is 17.2. The number of rotatable bonds is 2. The van der Waals surface area contributed by atoms with Crippen LogP contribution in [0.1, 0.15) is 52.4 Å². The summed E-state index contributed by atoms with van der Waals surface area (Å²) in [4.78, 5) is 29.6. The summed E-state index contributed by atoms with van der Waals surface area (Å²) in [6, 6.07) is 0. The van der Waals surface area contributed by atoms with Crippen molar-refractivity contribution in [3.63, 3.8) is 0 Å². The topological polar surface area (TPSA) is 59.1 Å². The summed E-state index contributed by atoms with van der Waals surface area (Å²) in [5.41, 5.74) is -0.994. The fraction of sp³-hybridized carbons (Fsp3) is 0.889. The Kier molecular flexibility index (Phi) is 5.16. The zero-order valence-corrected chi connectivity index (χ0v) is 15.0. The van der Waals surface area contributed by atoms with Crippen molar-refractivity contribution in [1.29, 1.82) is 0 Å². The molecule has 0 atom stereocenters. The van der Waals surface area contributed by atoms with E-state index in [2.05, 4.69) is 0 Å². The number of carbonyl (C=O) groups is 2. The van der Waals surface area contributed by atoms with Crippen molar-refractivity contribution >= 4 is 11.8 Å². The summed E-state index contributed by atoms with van der Waals surface area (Å²) < 4.78 is 11.4. The molecule has 6 nitrogen and oxygen atoms in total.